The van der Waals surface area contributed by atoms with Crippen molar-refractivity contribution >= 4 is 15.9 Å². The maximum Gasteiger partial charge on any atom is 0.250 e. The highest BCUT2D eigenvalue weighted by Crippen LogP contribution is 2.09. The maximum absolute atomic E-state index is 11.6. The summed E-state index contributed by atoms with van der Waals surface area (Å²) >= 11 is 3.47. The van der Waals surface area contributed by atoms with Gasteiger partial charge in [-0.15, -0.1) is 0 Å². The molecule has 0 saturated heterocycles. The first-order valence-corrected chi connectivity index (χ1v) is 6.03. The summed E-state index contributed by atoms with van der Waals surface area (Å²) in [5.74, 6) is 0.536. The van der Waals surface area contributed by atoms with Crippen molar-refractivity contribution in [1.29, 1.82) is 0 Å². The Morgan fingerprint density at radius 1 is 1.50 bits per heavy atom. The molecule has 3 heteroatoms. The summed E-state index contributed by atoms with van der Waals surface area (Å²) in [6, 6.07) is 5.40. The van der Waals surface area contributed by atoms with Gasteiger partial charge in [-0.2, -0.15) is 0 Å². The minimum absolute atomic E-state index is 0.101. The Bertz CT molecular complexity index is 341. The first-order chi connectivity index (χ1) is 6.69. The minimum atomic E-state index is 0.101. The van der Waals surface area contributed by atoms with Crippen LogP contribution in [0.2, 0.25) is 0 Å². The third-order valence-electron chi connectivity index (χ3n) is 2.50. The van der Waals surface area contributed by atoms with Gasteiger partial charge in [0, 0.05) is 23.6 Å². The maximum atomic E-state index is 11.6. The van der Waals surface area contributed by atoms with Crippen LogP contribution in [-0.2, 0) is 6.54 Å². The average molecular weight is 258 g/mol. The normalized spacial score (nSPS) is 12.8. The molecule has 1 atom stereocenters. The predicted molar refractivity (Wildman–Crippen MR) is 63.0 cm³/mol. The molecule has 2 nitrogen and oxygen atoms in total. The van der Waals surface area contributed by atoms with Crippen LogP contribution in [0.4, 0.5) is 0 Å². The molecule has 0 radical (unpaired) electrons. The van der Waals surface area contributed by atoms with Gasteiger partial charge in [0.2, 0.25) is 0 Å². The topological polar surface area (TPSA) is 22.0 Å². The fraction of sp³-hybridized carbons (Fsp3) is 0.545. The van der Waals surface area contributed by atoms with Gasteiger partial charge in [0.05, 0.1) is 0 Å². The van der Waals surface area contributed by atoms with E-state index in [9.17, 15) is 4.79 Å². The van der Waals surface area contributed by atoms with Crippen molar-refractivity contribution in [2.45, 2.75) is 26.8 Å². The second kappa shape index (κ2) is 5.35. The van der Waals surface area contributed by atoms with Crippen LogP contribution in [-0.4, -0.2) is 9.90 Å². The predicted octanol–water partition coefficient (Wildman–Crippen LogP) is 2.58. The molecule has 78 valence electrons. The molecule has 0 fully saturated rings. The number of nitrogens with zero attached hydrogens (tertiary/aromatic N) is 1. The molecule has 1 aromatic heterocycles. The minimum Gasteiger partial charge on any atom is -0.313 e. The zero-order valence-electron chi connectivity index (χ0n) is 8.66. The van der Waals surface area contributed by atoms with Crippen molar-refractivity contribution in [2.75, 3.05) is 5.33 Å². The molecule has 14 heavy (non-hydrogen) atoms. The first-order valence-electron chi connectivity index (χ1n) is 4.91. The van der Waals surface area contributed by atoms with Crippen LogP contribution >= 0.6 is 15.9 Å². The second-order valence-corrected chi connectivity index (χ2v) is 4.19. The summed E-state index contributed by atoms with van der Waals surface area (Å²) in [5.41, 5.74) is 1.14. The summed E-state index contributed by atoms with van der Waals surface area (Å²) < 4.78 is 1.84. The molecule has 0 aliphatic carbocycles. The van der Waals surface area contributed by atoms with Gasteiger partial charge < -0.3 is 4.57 Å². The SMILES string of the molecule is CCC(CBr)Cn1c(C)cccc1=O. The smallest absolute Gasteiger partial charge is 0.250 e. The molecule has 0 spiro atoms. The standard InChI is InChI=1S/C11H16BrNO/c1-3-10(7-12)8-13-9(2)5-4-6-11(13)14/h4-6,10H,3,7-8H2,1-2H3. The summed E-state index contributed by atoms with van der Waals surface area (Å²) in [4.78, 5) is 11.6. The third-order valence-corrected chi connectivity index (χ3v) is 3.42. The van der Waals surface area contributed by atoms with E-state index in [1.807, 2.05) is 23.6 Å². The molecule has 0 aromatic carbocycles. The van der Waals surface area contributed by atoms with Gasteiger partial charge in [0.15, 0.2) is 0 Å². The van der Waals surface area contributed by atoms with Crippen LogP contribution in [0.3, 0.4) is 0 Å². The molecular formula is C11H16BrNO. The highest BCUT2D eigenvalue weighted by molar-refractivity contribution is 9.09. The molecule has 1 rings (SSSR count). The molecule has 0 N–H and O–H groups in total. The van der Waals surface area contributed by atoms with Gasteiger partial charge in [0.1, 0.15) is 0 Å². The number of rotatable bonds is 4. The van der Waals surface area contributed by atoms with Crippen LogP contribution in [0.25, 0.3) is 0 Å². The van der Waals surface area contributed by atoms with E-state index < -0.39 is 0 Å². The van der Waals surface area contributed by atoms with Crippen LogP contribution in [0.5, 0.6) is 0 Å². The number of hydrogen-bond donors (Lipinski definition) is 0. The quantitative estimate of drug-likeness (QED) is 0.761. The molecule has 0 aliphatic rings. The zero-order valence-corrected chi connectivity index (χ0v) is 10.3. The van der Waals surface area contributed by atoms with Crippen molar-refractivity contribution in [1.82, 2.24) is 4.57 Å². The van der Waals surface area contributed by atoms with Crippen molar-refractivity contribution in [3.8, 4) is 0 Å². The lowest BCUT2D eigenvalue weighted by molar-refractivity contribution is 0.463. The molecule has 0 amide bonds. The summed E-state index contributed by atoms with van der Waals surface area (Å²) in [6.07, 6.45) is 1.09. The van der Waals surface area contributed by atoms with Crippen molar-refractivity contribution in [3.63, 3.8) is 0 Å². The monoisotopic (exact) mass is 257 g/mol. The van der Waals surface area contributed by atoms with Gasteiger partial charge in [-0.05, 0) is 18.9 Å². The average Bonchev–Trinajstić information content (AvgIpc) is 2.18. The van der Waals surface area contributed by atoms with Crippen molar-refractivity contribution < 1.29 is 0 Å². The van der Waals surface area contributed by atoms with Gasteiger partial charge in [0.25, 0.3) is 5.56 Å². The fourth-order valence-corrected chi connectivity index (χ4v) is 2.07. The number of pyridine rings is 1. The lowest BCUT2D eigenvalue weighted by Gasteiger charge is -2.15. The summed E-state index contributed by atoms with van der Waals surface area (Å²) in [5, 5.41) is 0.949. The molecule has 0 saturated carbocycles. The van der Waals surface area contributed by atoms with Gasteiger partial charge in [-0.25, -0.2) is 0 Å². The Morgan fingerprint density at radius 2 is 2.21 bits per heavy atom. The van der Waals surface area contributed by atoms with Gasteiger partial charge in [-0.1, -0.05) is 35.3 Å². The van der Waals surface area contributed by atoms with Crippen molar-refractivity contribution in [2.24, 2.45) is 5.92 Å². The van der Waals surface area contributed by atoms with E-state index in [2.05, 4.69) is 22.9 Å². The van der Waals surface area contributed by atoms with Crippen LogP contribution in [0.1, 0.15) is 19.0 Å². The lowest BCUT2D eigenvalue weighted by atomic mass is 10.1. The highest BCUT2D eigenvalue weighted by atomic mass is 79.9. The molecule has 1 unspecified atom stereocenters. The summed E-state index contributed by atoms with van der Waals surface area (Å²) in [7, 11) is 0. The molecule has 1 aromatic rings. The highest BCUT2D eigenvalue weighted by Gasteiger charge is 2.07. The number of aromatic nitrogens is 1. The Morgan fingerprint density at radius 3 is 2.71 bits per heavy atom. The van der Waals surface area contributed by atoms with E-state index in [0.717, 1.165) is 24.0 Å². The molecule has 0 aliphatic heterocycles. The molecule has 1 heterocycles. The Kier molecular flexibility index (Phi) is 4.39. The second-order valence-electron chi connectivity index (χ2n) is 3.54. The third kappa shape index (κ3) is 2.71. The summed E-state index contributed by atoms with van der Waals surface area (Å²) in [6.45, 7) is 4.94. The van der Waals surface area contributed by atoms with E-state index >= 15 is 0 Å². The number of halogens is 1. The van der Waals surface area contributed by atoms with E-state index in [1.54, 1.807) is 6.07 Å². The number of alkyl halides is 1. The number of hydrogen-bond acceptors (Lipinski definition) is 1. The molecular weight excluding hydrogens is 242 g/mol. The van der Waals surface area contributed by atoms with Crippen molar-refractivity contribution in [3.05, 3.63) is 34.2 Å². The largest absolute Gasteiger partial charge is 0.313 e. The van der Waals surface area contributed by atoms with Crippen LogP contribution < -0.4 is 5.56 Å². The van der Waals surface area contributed by atoms with E-state index in [1.165, 1.54) is 0 Å². The molecule has 0 bridgehead atoms. The Labute approximate surface area is 93.1 Å². The van der Waals surface area contributed by atoms with Gasteiger partial charge >= 0.3 is 0 Å². The first kappa shape index (κ1) is 11.5. The van der Waals surface area contributed by atoms with Crippen LogP contribution in [0.15, 0.2) is 23.0 Å². The number of aryl methyl sites for hydroxylation is 1. The van der Waals surface area contributed by atoms with Gasteiger partial charge in [-0.3, -0.25) is 4.79 Å². The zero-order chi connectivity index (χ0) is 10.6. The van der Waals surface area contributed by atoms with E-state index in [4.69, 9.17) is 0 Å². The Balaban J connectivity index is 2.90. The Hall–Kier alpha value is -0.570. The van der Waals surface area contributed by atoms with Crippen LogP contribution in [0, 0.1) is 12.8 Å². The van der Waals surface area contributed by atoms with E-state index in [-0.39, 0.29) is 5.56 Å². The fourth-order valence-electron chi connectivity index (χ4n) is 1.40. The van der Waals surface area contributed by atoms with E-state index in [0.29, 0.717) is 5.92 Å². The lowest BCUT2D eigenvalue weighted by Crippen LogP contribution is -2.25.